The maximum atomic E-state index is 13.2. The number of aromatic nitrogens is 1. The topological polar surface area (TPSA) is 62.7 Å². The summed E-state index contributed by atoms with van der Waals surface area (Å²) < 4.78 is 5.34. The summed E-state index contributed by atoms with van der Waals surface area (Å²) in [7, 11) is 1.63. The van der Waals surface area contributed by atoms with Crippen LogP contribution in [-0.2, 0) is 17.8 Å². The zero-order valence-electron chi connectivity index (χ0n) is 18.4. The first-order chi connectivity index (χ1) is 15.5. The Labute approximate surface area is 188 Å². The molecule has 0 radical (unpaired) electrons. The van der Waals surface area contributed by atoms with E-state index < -0.39 is 0 Å². The van der Waals surface area contributed by atoms with Gasteiger partial charge in [0.05, 0.1) is 18.7 Å². The SMILES string of the molecule is COc1cccc(CN2C(=O)CN(C(=O)c3ccc(C)nc3)C[C@@H]2Cc2ccccc2)c1. The molecule has 0 aliphatic carbocycles. The Balaban J connectivity index is 1.58. The van der Waals surface area contributed by atoms with Gasteiger partial charge in [-0.25, -0.2) is 0 Å². The van der Waals surface area contributed by atoms with E-state index in [2.05, 4.69) is 17.1 Å². The van der Waals surface area contributed by atoms with Crippen molar-refractivity contribution >= 4 is 11.8 Å². The van der Waals surface area contributed by atoms with Crippen LogP contribution in [-0.4, -0.2) is 52.8 Å². The molecule has 1 fully saturated rings. The molecule has 2 amide bonds. The molecule has 6 nitrogen and oxygen atoms in total. The molecule has 1 aliphatic heterocycles. The van der Waals surface area contributed by atoms with Crippen molar-refractivity contribution in [2.24, 2.45) is 0 Å². The fourth-order valence-electron chi connectivity index (χ4n) is 4.05. The number of ether oxygens (including phenoxy) is 1. The summed E-state index contributed by atoms with van der Waals surface area (Å²) in [5.41, 5.74) is 3.48. The maximum Gasteiger partial charge on any atom is 0.255 e. The third-order valence-electron chi connectivity index (χ3n) is 5.77. The lowest BCUT2D eigenvalue weighted by molar-refractivity contribution is -0.139. The molecule has 0 saturated carbocycles. The Morgan fingerprint density at radius 2 is 1.84 bits per heavy atom. The van der Waals surface area contributed by atoms with Crippen LogP contribution in [0.25, 0.3) is 0 Å². The number of pyridine rings is 1. The molecule has 6 heteroatoms. The van der Waals surface area contributed by atoms with Crippen molar-refractivity contribution in [3.05, 3.63) is 95.3 Å². The molecule has 1 aliphatic rings. The van der Waals surface area contributed by atoms with Crippen LogP contribution in [0.3, 0.4) is 0 Å². The van der Waals surface area contributed by atoms with Crippen molar-refractivity contribution in [3.8, 4) is 5.75 Å². The van der Waals surface area contributed by atoms with E-state index in [-0.39, 0.29) is 24.4 Å². The third kappa shape index (κ3) is 4.97. The second-order valence-corrected chi connectivity index (χ2v) is 8.09. The molecule has 0 bridgehead atoms. The lowest BCUT2D eigenvalue weighted by atomic mass is 10.00. The fourth-order valence-corrected chi connectivity index (χ4v) is 4.05. The summed E-state index contributed by atoms with van der Waals surface area (Å²) in [4.78, 5) is 34.1. The normalized spacial score (nSPS) is 16.2. The number of amides is 2. The summed E-state index contributed by atoms with van der Waals surface area (Å²) in [5, 5.41) is 0. The first-order valence-corrected chi connectivity index (χ1v) is 10.7. The van der Waals surface area contributed by atoms with Gasteiger partial charge in [0.25, 0.3) is 5.91 Å². The van der Waals surface area contributed by atoms with Gasteiger partial charge in [-0.05, 0) is 48.7 Å². The van der Waals surface area contributed by atoms with Crippen LogP contribution in [0.15, 0.2) is 72.9 Å². The molecule has 0 unspecified atom stereocenters. The van der Waals surface area contributed by atoms with E-state index in [1.54, 1.807) is 24.3 Å². The Morgan fingerprint density at radius 3 is 2.56 bits per heavy atom. The van der Waals surface area contributed by atoms with Crippen LogP contribution >= 0.6 is 0 Å². The highest BCUT2D eigenvalue weighted by atomic mass is 16.5. The zero-order chi connectivity index (χ0) is 22.5. The summed E-state index contributed by atoms with van der Waals surface area (Å²) in [6.07, 6.45) is 2.25. The van der Waals surface area contributed by atoms with Gasteiger partial charge >= 0.3 is 0 Å². The first kappa shape index (κ1) is 21.6. The molecule has 0 spiro atoms. The minimum Gasteiger partial charge on any atom is -0.497 e. The van der Waals surface area contributed by atoms with Crippen LogP contribution in [0.4, 0.5) is 0 Å². The number of hydrogen-bond acceptors (Lipinski definition) is 4. The highest BCUT2D eigenvalue weighted by Crippen LogP contribution is 2.22. The number of aryl methyl sites for hydroxylation is 1. The molecule has 4 rings (SSSR count). The van der Waals surface area contributed by atoms with E-state index in [0.717, 1.165) is 22.6 Å². The summed E-state index contributed by atoms with van der Waals surface area (Å²) in [6.45, 7) is 2.88. The van der Waals surface area contributed by atoms with Gasteiger partial charge in [-0.1, -0.05) is 42.5 Å². The van der Waals surface area contributed by atoms with Gasteiger partial charge in [-0.2, -0.15) is 0 Å². The average molecular weight is 430 g/mol. The molecule has 2 heterocycles. The van der Waals surface area contributed by atoms with Gasteiger partial charge in [-0.15, -0.1) is 0 Å². The van der Waals surface area contributed by atoms with Gasteiger partial charge in [-0.3, -0.25) is 14.6 Å². The summed E-state index contributed by atoms with van der Waals surface area (Å²) in [5.74, 6) is 0.536. The number of hydrogen-bond donors (Lipinski definition) is 0. The Hall–Kier alpha value is -3.67. The molecule has 2 aromatic carbocycles. The van der Waals surface area contributed by atoms with Crippen LogP contribution in [0.1, 0.15) is 27.2 Å². The van der Waals surface area contributed by atoms with Crippen molar-refractivity contribution in [2.45, 2.75) is 25.9 Å². The van der Waals surface area contributed by atoms with E-state index in [0.29, 0.717) is 25.1 Å². The molecule has 164 valence electrons. The molecular formula is C26H27N3O3. The van der Waals surface area contributed by atoms with Crippen LogP contribution < -0.4 is 4.74 Å². The van der Waals surface area contributed by atoms with Crippen molar-refractivity contribution in [2.75, 3.05) is 20.2 Å². The lowest BCUT2D eigenvalue weighted by Crippen LogP contribution is -2.58. The highest BCUT2D eigenvalue weighted by Gasteiger charge is 2.35. The van der Waals surface area contributed by atoms with Crippen LogP contribution in [0.5, 0.6) is 5.75 Å². The van der Waals surface area contributed by atoms with Crippen molar-refractivity contribution in [1.82, 2.24) is 14.8 Å². The number of benzene rings is 2. The number of piperazine rings is 1. The lowest BCUT2D eigenvalue weighted by Gasteiger charge is -2.41. The highest BCUT2D eigenvalue weighted by molar-refractivity contribution is 5.97. The monoisotopic (exact) mass is 429 g/mol. The molecule has 32 heavy (non-hydrogen) atoms. The smallest absolute Gasteiger partial charge is 0.255 e. The molecule has 3 aromatic rings. The van der Waals surface area contributed by atoms with Crippen molar-refractivity contribution in [3.63, 3.8) is 0 Å². The summed E-state index contributed by atoms with van der Waals surface area (Å²) >= 11 is 0. The van der Waals surface area contributed by atoms with E-state index in [9.17, 15) is 9.59 Å². The Kier molecular flexibility index (Phi) is 6.50. The zero-order valence-corrected chi connectivity index (χ0v) is 18.4. The second kappa shape index (κ2) is 9.64. The largest absolute Gasteiger partial charge is 0.497 e. The minimum atomic E-state index is -0.162. The van der Waals surface area contributed by atoms with Crippen LogP contribution in [0, 0.1) is 6.92 Å². The molecule has 1 saturated heterocycles. The molecular weight excluding hydrogens is 402 g/mol. The average Bonchev–Trinajstić information content (AvgIpc) is 2.82. The maximum absolute atomic E-state index is 13.2. The first-order valence-electron chi connectivity index (χ1n) is 10.7. The summed E-state index contributed by atoms with van der Waals surface area (Å²) in [6, 6.07) is 21.3. The number of carbonyl (C=O) groups is 2. The van der Waals surface area contributed by atoms with Gasteiger partial charge < -0.3 is 14.5 Å². The van der Waals surface area contributed by atoms with E-state index in [1.165, 1.54) is 0 Å². The molecule has 1 atom stereocenters. The van der Waals surface area contributed by atoms with Crippen molar-refractivity contribution in [1.29, 1.82) is 0 Å². The Bertz CT molecular complexity index is 1080. The second-order valence-electron chi connectivity index (χ2n) is 8.09. The van der Waals surface area contributed by atoms with Gasteiger partial charge in [0.2, 0.25) is 5.91 Å². The quantitative estimate of drug-likeness (QED) is 0.602. The number of carbonyl (C=O) groups excluding carboxylic acids is 2. The minimum absolute atomic E-state index is 0.0575. The predicted molar refractivity (Wildman–Crippen MR) is 122 cm³/mol. The van der Waals surface area contributed by atoms with E-state index in [1.807, 2.05) is 60.4 Å². The van der Waals surface area contributed by atoms with Gasteiger partial charge in [0, 0.05) is 25.0 Å². The fraction of sp³-hybridized carbons (Fsp3) is 0.269. The number of nitrogens with zero attached hydrogens (tertiary/aromatic N) is 3. The number of rotatable bonds is 6. The van der Waals surface area contributed by atoms with Gasteiger partial charge in [0.15, 0.2) is 0 Å². The number of methoxy groups -OCH3 is 1. The molecule has 1 aromatic heterocycles. The van der Waals surface area contributed by atoms with Crippen molar-refractivity contribution < 1.29 is 14.3 Å². The van der Waals surface area contributed by atoms with Gasteiger partial charge in [0.1, 0.15) is 12.3 Å². The van der Waals surface area contributed by atoms with E-state index in [4.69, 9.17) is 4.74 Å². The standard InChI is InChI=1S/C26H27N3O3/c1-19-11-12-22(15-27-19)26(31)28-17-23(13-20-7-4-3-5-8-20)29(25(30)18-28)16-21-9-6-10-24(14-21)32-2/h3-12,14-15,23H,13,16-18H2,1-2H3/t23-/m0/s1. The van der Waals surface area contributed by atoms with Crippen LogP contribution in [0.2, 0.25) is 0 Å². The van der Waals surface area contributed by atoms with E-state index >= 15 is 0 Å². The Morgan fingerprint density at radius 1 is 1.06 bits per heavy atom. The molecule has 0 N–H and O–H groups in total. The third-order valence-corrected chi connectivity index (χ3v) is 5.77. The predicted octanol–water partition coefficient (Wildman–Crippen LogP) is 3.49.